The normalized spacial score (nSPS) is 11.1. The van der Waals surface area contributed by atoms with Gasteiger partial charge in [-0.3, -0.25) is 5.43 Å². The number of thiophene rings is 1. The van der Waals surface area contributed by atoms with E-state index in [1.807, 2.05) is 37.3 Å². The molecular weight excluding hydrogens is 452 g/mol. The number of hydrogen-bond acceptors (Lipinski definition) is 9. The molecule has 0 aliphatic carbocycles. The molecular formula is C25H26N4O4S. The van der Waals surface area contributed by atoms with Crippen LogP contribution in [0.1, 0.15) is 18.1 Å². The second kappa shape index (κ2) is 10.4. The Morgan fingerprint density at radius 1 is 1.00 bits per heavy atom. The first-order valence-corrected chi connectivity index (χ1v) is 11.5. The van der Waals surface area contributed by atoms with Crippen LogP contribution in [0.4, 0.5) is 5.82 Å². The van der Waals surface area contributed by atoms with E-state index < -0.39 is 0 Å². The summed E-state index contributed by atoms with van der Waals surface area (Å²) in [4.78, 5) is 10.0. The van der Waals surface area contributed by atoms with Crippen molar-refractivity contribution in [2.45, 2.75) is 13.8 Å². The zero-order valence-electron chi connectivity index (χ0n) is 19.7. The van der Waals surface area contributed by atoms with E-state index in [0.717, 1.165) is 37.5 Å². The van der Waals surface area contributed by atoms with Crippen molar-refractivity contribution in [2.24, 2.45) is 5.10 Å². The first-order chi connectivity index (χ1) is 16.6. The molecule has 0 aliphatic rings. The maximum Gasteiger partial charge on any atom is 0.203 e. The third-order valence-corrected chi connectivity index (χ3v) is 6.53. The number of hydrogen-bond donors (Lipinski definition) is 1. The second-order valence-corrected chi connectivity index (χ2v) is 8.23. The molecule has 0 saturated heterocycles. The van der Waals surface area contributed by atoms with Crippen molar-refractivity contribution in [3.05, 3.63) is 53.9 Å². The molecule has 0 unspecified atom stereocenters. The lowest BCUT2D eigenvalue weighted by molar-refractivity contribution is 0.324. The van der Waals surface area contributed by atoms with Crippen LogP contribution in [0.15, 0.2) is 47.8 Å². The Kier molecular flexibility index (Phi) is 7.12. The van der Waals surface area contributed by atoms with Gasteiger partial charge in [0.2, 0.25) is 5.75 Å². The Hall–Kier alpha value is -3.85. The number of fused-ring (bicyclic) bond motifs is 1. The predicted molar refractivity (Wildman–Crippen MR) is 136 cm³/mol. The van der Waals surface area contributed by atoms with E-state index in [9.17, 15) is 0 Å². The van der Waals surface area contributed by atoms with Gasteiger partial charge < -0.3 is 18.9 Å². The fourth-order valence-electron chi connectivity index (χ4n) is 3.64. The van der Waals surface area contributed by atoms with Crippen molar-refractivity contribution >= 4 is 33.6 Å². The quantitative estimate of drug-likeness (QED) is 0.250. The highest BCUT2D eigenvalue weighted by atomic mass is 32.1. The van der Waals surface area contributed by atoms with Gasteiger partial charge in [-0.25, -0.2) is 9.97 Å². The van der Waals surface area contributed by atoms with Gasteiger partial charge in [0.05, 0.1) is 44.4 Å². The van der Waals surface area contributed by atoms with Crippen molar-refractivity contribution in [3.63, 3.8) is 0 Å². The Balaban J connectivity index is 1.67. The van der Waals surface area contributed by atoms with Crippen LogP contribution in [0.2, 0.25) is 0 Å². The molecule has 9 heteroatoms. The fourth-order valence-corrected chi connectivity index (χ4v) is 4.87. The van der Waals surface area contributed by atoms with Gasteiger partial charge in [0.1, 0.15) is 12.1 Å². The third-order valence-electron chi connectivity index (χ3n) is 5.21. The van der Waals surface area contributed by atoms with Crippen molar-refractivity contribution in [2.75, 3.05) is 33.4 Å². The number of aromatic nitrogens is 2. The average molecular weight is 479 g/mol. The average Bonchev–Trinajstić information content (AvgIpc) is 3.21. The van der Waals surface area contributed by atoms with Gasteiger partial charge in [0, 0.05) is 16.0 Å². The number of methoxy groups -OCH3 is 3. The van der Waals surface area contributed by atoms with E-state index in [4.69, 9.17) is 18.9 Å². The molecule has 4 aromatic rings. The maximum atomic E-state index is 5.84. The molecule has 0 atom stereocenters. The molecule has 2 heterocycles. The van der Waals surface area contributed by atoms with E-state index in [1.54, 1.807) is 38.9 Å². The van der Waals surface area contributed by atoms with E-state index in [1.165, 1.54) is 6.33 Å². The van der Waals surface area contributed by atoms with Crippen LogP contribution in [-0.4, -0.2) is 44.1 Å². The Morgan fingerprint density at radius 3 is 2.41 bits per heavy atom. The van der Waals surface area contributed by atoms with Crippen LogP contribution in [-0.2, 0) is 0 Å². The molecule has 2 aromatic heterocycles. The van der Waals surface area contributed by atoms with Crippen LogP contribution < -0.4 is 24.4 Å². The number of para-hydroxylation sites is 1. The van der Waals surface area contributed by atoms with Crippen LogP contribution in [0.3, 0.4) is 0 Å². The molecule has 0 spiro atoms. The molecule has 34 heavy (non-hydrogen) atoms. The molecule has 0 bridgehead atoms. The summed E-state index contributed by atoms with van der Waals surface area (Å²) in [5.41, 5.74) is 6.83. The first kappa shape index (κ1) is 23.3. The maximum absolute atomic E-state index is 5.84. The summed E-state index contributed by atoms with van der Waals surface area (Å²) in [6.45, 7) is 4.64. The SMILES string of the molecule is CCOc1ccccc1-c1sc2c(NN=Cc3cc(OC)c(OC)c(OC)c3)ncnc2c1C. The summed E-state index contributed by atoms with van der Waals surface area (Å²) in [5, 5.41) is 4.39. The van der Waals surface area contributed by atoms with Gasteiger partial charge >= 0.3 is 0 Å². The summed E-state index contributed by atoms with van der Waals surface area (Å²) in [5.74, 6) is 3.12. The number of anilines is 1. The van der Waals surface area contributed by atoms with Gasteiger partial charge in [-0.05, 0) is 43.7 Å². The molecule has 0 amide bonds. The number of hydrazone groups is 1. The van der Waals surface area contributed by atoms with Crippen LogP contribution in [0.25, 0.3) is 20.7 Å². The van der Waals surface area contributed by atoms with Gasteiger partial charge in [-0.1, -0.05) is 12.1 Å². The van der Waals surface area contributed by atoms with E-state index in [-0.39, 0.29) is 0 Å². The molecule has 0 fully saturated rings. The van der Waals surface area contributed by atoms with Gasteiger partial charge in [-0.15, -0.1) is 11.3 Å². The summed E-state index contributed by atoms with van der Waals surface area (Å²) in [7, 11) is 4.73. The number of nitrogens with one attached hydrogen (secondary N) is 1. The minimum Gasteiger partial charge on any atom is -0.493 e. The zero-order valence-corrected chi connectivity index (χ0v) is 20.5. The monoisotopic (exact) mass is 478 g/mol. The van der Waals surface area contributed by atoms with Gasteiger partial charge in [0.25, 0.3) is 0 Å². The smallest absolute Gasteiger partial charge is 0.203 e. The zero-order chi connectivity index (χ0) is 24.1. The number of benzene rings is 2. The first-order valence-electron chi connectivity index (χ1n) is 10.7. The lowest BCUT2D eigenvalue weighted by Crippen LogP contribution is -1.98. The van der Waals surface area contributed by atoms with Gasteiger partial charge in [-0.2, -0.15) is 5.10 Å². The minimum atomic E-state index is 0.529. The van der Waals surface area contributed by atoms with E-state index in [2.05, 4.69) is 33.5 Å². The highest BCUT2D eigenvalue weighted by Gasteiger charge is 2.18. The highest BCUT2D eigenvalue weighted by Crippen LogP contribution is 2.43. The molecule has 4 rings (SSSR count). The fraction of sp³-hybridized carbons (Fsp3) is 0.240. The van der Waals surface area contributed by atoms with Crippen molar-refractivity contribution in [1.82, 2.24) is 9.97 Å². The molecule has 1 N–H and O–H groups in total. The lowest BCUT2D eigenvalue weighted by Gasteiger charge is -2.12. The highest BCUT2D eigenvalue weighted by molar-refractivity contribution is 7.23. The molecule has 0 aliphatic heterocycles. The van der Waals surface area contributed by atoms with Crippen molar-refractivity contribution in [3.8, 4) is 33.4 Å². The number of rotatable bonds is 9. The Morgan fingerprint density at radius 2 is 1.74 bits per heavy atom. The second-order valence-electron chi connectivity index (χ2n) is 7.21. The summed E-state index contributed by atoms with van der Waals surface area (Å²) < 4.78 is 23.0. The Labute approximate surface area is 202 Å². The van der Waals surface area contributed by atoms with E-state index in [0.29, 0.717) is 29.7 Å². The topological polar surface area (TPSA) is 87.1 Å². The minimum absolute atomic E-state index is 0.529. The van der Waals surface area contributed by atoms with Crippen LogP contribution in [0, 0.1) is 6.92 Å². The van der Waals surface area contributed by atoms with Crippen molar-refractivity contribution in [1.29, 1.82) is 0 Å². The molecule has 0 radical (unpaired) electrons. The van der Waals surface area contributed by atoms with Crippen LogP contribution >= 0.6 is 11.3 Å². The summed E-state index contributed by atoms with van der Waals surface area (Å²) in [6, 6.07) is 11.7. The van der Waals surface area contributed by atoms with Gasteiger partial charge in [0.15, 0.2) is 17.3 Å². The number of aryl methyl sites for hydroxylation is 1. The standard InChI is InChI=1S/C25H26N4O4S/c1-6-33-18-10-8-7-9-17(18)23-15(2)21-24(34-23)25(27-14-26-21)29-28-13-16-11-19(30-3)22(32-5)20(12-16)31-4/h7-14H,6H2,1-5H3,(H,26,27,29). The lowest BCUT2D eigenvalue weighted by atomic mass is 10.1. The molecule has 0 saturated carbocycles. The molecule has 2 aromatic carbocycles. The largest absolute Gasteiger partial charge is 0.493 e. The summed E-state index contributed by atoms with van der Waals surface area (Å²) >= 11 is 1.61. The van der Waals surface area contributed by atoms with Crippen molar-refractivity contribution < 1.29 is 18.9 Å². The van der Waals surface area contributed by atoms with E-state index >= 15 is 0 Å². The molecule has 176 valence electrons. The molecule has 8 nitrogen and oxygen atoms in total. The Bertz CT molecular complexity index is 1310. The number of nitrogens with zero attached hydrogens (tertiary/aromatic N) is 3. The summed E-state index contributed by atoms with van der Waals surface area (Å²) in [6.07, 6.45) is 3.21. The third kappa shape index (κ3) is 4.47. The predicted octanol–water partition coefficient (Wildman–Crippen LogP) is 5.54. The van der Waals surface area contributed by atoms with Crippen LogP contribution in [0.5, 0.6) is 23.0 Å². The number of ether oxygens (including phenoxy) is 4.